The fraction of sp³-hybridized carbons (Fsp3) is 0.409. The molecule has 2 aromatic rings. The van der Waals surface area contributed by atoms with Gasteiger partial charge in [-0.25, -0.2) is 8.78 Å². The minimum Gasteiger partial charge on any atom is -0.486 e. The first-order valence-corrected chi connectivity index (χ1v) is 10.1. The van der Waals surface area contributed by atoms with E-state index in [4.69, 9.17) is 10.00 Å². The molecule has 1 saturated heterocycles. The lowest BCUT2D eigenvalue weighted by atomic mass is 10.1. The number of pyridine rings is 1. The number of hydrogen-bond donors (Lipinski definition) is 1. The highest BCUT2D eigenvalue weighted by atomic mass is 19.3. The van der Waals surface area contributed by atoms with Crippen LogP contribution in [0.5, 0.6) is 5.75 Å². The van der Waals surface area contributed by atoms with Gasteiger partial charge < -0.3 is 15.0 Å². The molecule has 1 aliphatic heterocycles. The van der Waals surface area contributed by atoms with Crippen LogP contribution in [-0.2, 0) is 9.59 Å². The first kappa shape index (κ1) is 24.7. The molecule has 10 heteroatoms. The van der Waals surface area contributed by atoms with Gasteiger partial charge in [0.05, 0.1) is 30.2 Å². The zero-order valence-corrected chi connectivity index (χ0v) is 18.0. The molecule has 32 heavy (non-hydrogen) atoms. The number of Topliss-reactive ketones (excluding diaryl/α,β-unsaturated/α-hetero) is 1. The number of ether oxygens (including phenoxy) is 1. The second-order valence-corrected chi connectivity index (χ2v) is 6.94. The largest absolute Gasteiger partial charge is 0.486 e. The van der Waals surface area contributed by atoms with Crippen molar-refractivity contribution in [2.45, 2.75) is 39.2 Å². The van der Waals surface area contributed by atoms with Gasteiger partial charge in [-0.3, -0.25) is 19.4 Å². The van der Waals surface area contributed by atoms with E-state index in [1.807, 2.05) is 13.8 Å². The van der Waals surface area contributed by atoms with Gasteiger partial charge in [-0.1, -0.05) is 13.8 Å². The molecule has 0 saturated carbocycles. The lowest BCUT2D eigenvalue weighted by molar-refractivity contribution is -0.131. The van der Waals surface area contributed by atoms with Gasteiger partial charge in [-0.2, -0.15) is 5.26 Å². The lowest BCUT2D eigenvalue weighted by Gasteiger charge is -2.19. The van der Waals surface area contributed by atoms with Crippen molar-refractivity contribution in [2.75, 3.05) is 19.7 Å². The van der Waals surface area contributed by atoms with E-state index in [1.54, 1.807) is 24.3 Å². The first-order valence-electron chi connectivity index (χ1n) is 10.1. The van der Waals surface area contributed by atoms with E-state index in [1.165, 1.54) is 19.2 Å². The highest BCUT2D eigenvalue weighted by Gasteiger charge is 2.47. The number of benzene rings is 1. The Hall–Kier alpha value is -3.61. The standard InChI is InChI=1S/C20H18F2N4O4.C2H6/c1-12(27)10-30-14-2-3-17-16(6-14)15(4-5-24-17)19(29)25-9-18(28)26-11-20(21,22)7-13(26)8-23;1-2/h2-6,13H,7,9-11H2,1H3,(H,25,29);1-2H3. The number of rotatable bonds is 6. The average molecular weight is 446 g/mol. The van der Waals surface area contributed by atoms with Crippen LogP contribution in [0.2, 0.25) is 0 Å². The molecule has 0 aliphatic carbocycles. The third-order valence-corrected chi connectivity index (χ3v) is 4.54. The molecule has 1 aromatic heterocycles. The lowest BCUT2D eigenvalue weighted by Crippen LogP contribution is -2.43. The van der Waals surface area contributed by atoms with Crippen LogP contribution in [0.3, 0.4) is 0 Å². The zero-order chi connectivity index (χ0) is 23.9. The summed E-state index contributed by atoms with van der Waals surface area (Å²) >= 11 is 0. The first-order chi connectivity index (χ1) is 15.2. The van der Waals surface area contributed by atoms with Crippen LogP contribution in [0.15, 0.2) is 30.5 Å². The van der Waals surface area contributed by atoms with Crippen LogP contribution < -0.4 is 10.1 Å². The van der Waals surface area contributed by atoms with Crippen LogP contribution in [0.1, 0.15) is 37.6 Å². The summed E-state index contributed by atoms with van der Waals surface area (Å²) in [5.41, 5.74) is 0.692. The second kappa shape index (κ2) is 10.6. The van der Waals surface area contributed by atoms with Crippen molar-refractivity contribution in [3.8, 4) is 11.8 Å². The van der Waals surface area contributed by atoms with Crippen LogP contribution in [0, 0.1) is 11.3 Å². The number of nitriles is 1. The number of likely N-dealkylation sites (tertiary alicyclic amines) is 1. The highest BCUT2D eigenvalue weighted by molar-refractivity contribution is 6.07. The molecule has 2 heterocycles. The van der Waals surface area contributed by atoms with Gasteiger partial charge in [0.15, 0.2) is 5.78 Å². The van der Waals surface area contributed by atoms with Crippen molar-refractivity contribution < 1.29 is 27.9 Å². The molecule has 0 spiro atoms. The molecule has 1 fully saturated rings. The molecule has 1 aromatic carbocycles. The maximum Gasteiger partial charge on any atom is 0.268 e. The summed E-state index contributed by atoms with van der Waals surface area (Å²) in [5, 5.41) is 11.8. The monoisotopic (exact) mass is 446 g/mol. The van der Waals surface area contributed by atoms with Crippen LogP contribution in [-0.4, -0.2) is 59.1 Å². The molecule has 8 nitrogen and oxygen atoms in total. The predicted octanol–water partition coefficient (Wildman–Crippen LogP) is 2.72. The van der Waals surface area contributed by atoms with Gasteiger partial charge >= 0.3 is 0 Å². The molecule has 170 valence electrons. The van der Waals surface area contributed by atoms with Crippen molar-refractivity contribution in [2.24, 2.45) is 0 Å². The Morgan fingerprint density at radius 1 is 1.31 bits per heavy atom. The number of fused-ring (bicyclic) bond motifs is 1. The number of halogens is 2. The third-order valence-electron chi connectivity index (χ3n) is 4.54. The number of carbonyl (C=O) groups excluding carboxylic acids is 3. The average Bonchev–Trinajstić information content (AvgIpc) is 3.11. The minimum atomic E-state index is -3.13. The van der Waals surface area contributed by atoms with Crippen molar-refractivity contribution in [1.82, 2.24) is 15.2 Å². The Morgan fingerprint density at radius 3 is 2.69 bits per heavy atom. The van der Waals surface area contributed by atoms with Crippen LogP contribution in [0.4, 0.5) is 8.78 Å². The molecule has 1 unspecified atom stereocenters. The molecular weight excluding hydrogens is 422 g/mol. The fourth-order valence-electron chi connectivity index (χ4n) is 3.15. The second-order valence-electron chi connectivity index (χ2n) is 6.94. The van der Waals surface area contributed by atoms with Crippen molar-refractivity contribution in [3.05, 3.63) is 36.0 Å². The molecule has 1 aliphatic rings. The number of hydrogen-bond acceptors (Lipinski definition) is 6. The number of nitrogens with zero attached hydrogens (tertiary/aromatic N) is 3. The summed E-state index contributed by atoms with van der Waals surface area (Å²) in [5.74, 6) is -4.31. The van der Waals surface area contributed by atoms with Gasteiger partial charge in [0.1, 0.15) is 18.4 Å². The molecule has 0 radical (unpaired) electrons. The van der Waals surface area contributed by atoms with Gasteiger partial charge in [0.25, 0.3) is 11.8 Å². The maximum atomic E-state index is 13.5. The molecular formula is C22H24F2N4O4. The smallest absolute Gasteiger partial charge is 0.268 e. The molecule has 2 amide bonds. The number of alkyl halides is 2. The Labute approximate surface area is 184 Å². The fourth-order valence-corrected chi connectivity index (χ4v) is 3.15. The topological polar surface area (TPSA) is 112 Å². The Morgan fingerprint density at radius 2 is 2.03 bits per heavy atom. The molecule has 0 bridgehead atoms. The van der Waals surface area contributed by atoms with Crippen molar-refractivity contribution in [1.29, 1.82) is 5.26 Å². The van der Waals surface area contributed by atoms with Crippen LogP contribution in [0.25, 0.3) is 10.9 Å². The summed E-state index contributed by atoms with van der Waals surface area (Å²) in [6, 6.07) is 6.68. The quantitative estimate of drug-likeness (QED) is 0.730. The predicted molar refractivity (Wildman–Crippen MR) is 112 cm³/mol. The van der Waals surface area contributed by atoms with E-state index in [2.05, 4.69) is 10.3 Å². The minimum absolute atomic E-state index is 0.123. The number of carbonyl (C=O) groups is 3. The van der Waals surface area contributed by atoms with E-state index >= 15 is 0 Å². The van der Waals surface area contributed by atoms with E-state index in [-0.39, 0.29) is 18.0 Å². The summed E-state index contributed by atoms with van der Waals surface area (Å²) in [6.07, 6.45) is 0.698. The number of nitrogens with one attached hydrogen (secondary N) is 1. The number of ketones is 1. The number of aromatic nitrogens is 1. The number of amides is 2. The van der Waals surface area contributed by atoms with Gasteiger partial charge in [0.2, 0.25) is 5.91 Å². The van der Waals surface area contributed by atoms with Crippen molar-refractivity contribution in [3.63, 3.8) is 0 Å². The SMILES string of the molecule is CC.CC(=O)COc1ccc2nccc(C(=O)NCC(=O)N3CC(F)(F)CC3C#N)c2c1. The summed E-state index contributed by atoms with van der Waals surface area (Å²) in [4.78, 5) is 40.9. The van der Waals surface area contributed by atoms with E-state index < -0.39 is 43.3 Å². The van der Waals surface area contributed by atoms with Crippen molar-refractivity contribution >= 4 is 28.5 Å². The zero-order valence-electron chi connectivity index (χ0n) is 18.0. The Kier molecular flexibility index (Phi) is 8.18. The Balaban J connectivity index is 0.00000176. The highest BCUT2D eigenvalue weighted by Crippen LogP contribution is 2.31. The maximum absolute atomic E-state index is 13.5. The van der Waals surface area contributed by atoms with E-state index in [0.29, 0.717) is 16.7 Å². The van der Waals surface area contributed by atoms with E-state index in [9.17, 15) is 23.2 Å². The molecule has 1 N–H and O–H groups in total. The Bertz CT molecular complexity index is 1050. The molecule has 1 atom stereocenters. The third kappa shape index (κ3) is 5.97. The molecule has 3 rings (SSSR count). The van der Waals surface area contributed by atoms with Gasteiger partial charge in [0, 0.05) is 18.0 Å². The van der Waals surface area contributed by atoms with Crippen LogP contribution >= 0.6 is 0 Å². The summed E-state index contributed by atoms with van der Waals surface area (Å²) < 4.78 is 32.4. The van der Waals surface area contributed by atoms with E-state index in [0.717, 1.165) is 4.90 Å². The summed E-state index contributed by atoms with van der Waals surface area (Å²) in [7, 11) is 0. The summed E-state index contributed by atoms with van der Waals surface area (Å²) in [6.45, 7) is 3.88. The normalized spacial score (nSPS) is 16.5. The van der Waals surface area contributed by atoms with Gasteiger partial charge in [-0.05, 0) is 31.2 Å². The van der Waals surface area contributed by atoms with Gasteiger partial charge in [-0.15, -0.1) is 0 Å².